The normalized spacial score (nSPS) is 20.2. The summed E-state index contributed by atoms with van der Waals surface area (Å²) in [5.41, 5.74) is 16.8. The summed E-state index contributed by atoms with van der Waals surface area (Å²) in [7, 11) is 0. The molecule has 0 amide bonds. The molecular weight excluding hydrogens is 384 g/mol. The fourth-order valence-electron chi connectivity index (χ4n) is 2.63. The molecule has 4 atom stereocenters. The van der Waals surface area contributed by atoms with Crippen molar-refractivity contribution in [2.45, 2.75) is 56.3 Å². The highest BCUT2D eigenvalue weighted by Crippen LogP contribution is 2.13. The van der Waals surface area contributed by atoms with E-state index in [2.05, 4.69) is 15.3 Å². The molecule has 0 radical (unpaired) electrons. The fraction of sp³-hybridized carbons (Fsp3) is 0.647. The van der Waals surface area contributed by atoms with Gasteiger partial charge in [-0.1, -0.05) is 6.42 Å². The number of esters is 1. The maximum Gasteiger partial charge on any atom is 0.324 e. The Hall–Kier alpha value is -2.54. The summed E-state index contributed by atoms with van der Waals surface area (Å²) >= 11 is 0. The lowest BCUT2D eigenvalue weighted by Gasteiger charge is -2.18. The number of rotatable bonds is 10. The summed E-state index contributed by atoms with van der Waals surface area (Å²) in [5.74, 6) is -2.57. The molecular formula is C17H30N6O6. The van der Waals surface area contributed by atoms with Crippen LogP contribution in [0.4, 0.5) is 0 Å². The standard InChI is InChI=1S/C11H16N4O4.C6H14N2O2/c12-7(3-6-4-13-5-15-6)11(18)19-8-1-2-14-9(8)10(16)17;7-4-2-1-3-5(8)6(9)10/h4-5,7-9,14H,1-3,12H2,(H,13,15)(H,16,17);5H,1-4,7-8H2,(H,9,10)/t7-,8?,9-;5-/m00/s1. The van der Waals surface area contributed by atoms with Gasteiger partial charge < -0.3 is 42.5 Å². The van der Waals surface area contributed by atoms with Crippen molar-refractivity contribution < 1.29 is 29.3 Å². The number of aliphatic carboxylic acids is 2. The lowest BCUT2D eigenvalue weighted by atomic mass is 10.1. The van der Waals surface area contributed by atoms with Crippen molar-refractivity contribution in [3.05, 3.63) is 18.2 Å². The van der Waals surface area contributed by atoms with Crippen LogP contribution in [0.2, 0.25) is 0 Å². The SMILES string of the molecule is NCCCC[C@H](N)C(=O)O.N[C@@H](Cc1c[nH]cn1)C(=O)OC1CCN[C@@H]1C(=O)O. The second kappa shape index (κ2) is 12.8. The summed E-state index contributed by atoms with van der Waals surface area (Å²) in [6.45, 7) is 1.11. The molecule has 1 aliphatic rings. The van der Waals surface area contributed by atoms with Crippen molar-refractivity contribution in [3.8, 4) is 0 Å². The first kappa shape index (κ1) is 24.5. The Balaban J connectivity index is 0.000000359. The molecule has 12 nitrogen and oxygen atoms in total. The number of hydrogen-bond acceptors (Lipinski definition) is 9. The number of carbonyl (C=O) groups excluding carboxylic acids is 1. The number of aromatic amines is 1. The molecule has 2 rings (SSSR count). The summed E-state index contributed by atoms with van der Waals surface area (Å²) in [5, 5.41) is 20.0. The van der Waals surface area contributed by atoms with Gasteiger partial charge in [-0.25, -0.2) is 4.98 Å². The van der Waals surface area contributed by atoms with Crippen molar-refractivity contribution in [3.63, 3.8) is 0 Å². The molecule has 1 saturated heterocycles. The summed E-state index contributed by atoms with van der Waals surface area (Å²) in [4.78, 5) is 39.6. The Labute approximate surface area is 168 Å². The minimum absolute atomic E-state index is 0.250. The van der Waals surface area contributed by atoms with E-state index in [1.165, 1.54) is 6.33 Å². The van der Waals surface area contributed by atoms with Gasteiger partial charge in [0.05, 0.1) is 12.0 Å². The molecule has 1 aliphatic heterocycles. The van der Waals surface area contributed by atoms with Gasteiger partial charge in [-0.3, -0.25) is 14.4 Å². The van der Waals surface area contributed by atoms with Crippen LogP contribution in [-0.4, -0.2) is 75.4 Å². The Kier molecular flexibility index (Phi) is 10.8. The topological polar surface area (TPSA) is 220 Å². The van der Waals surface area contributed by atoms with E-state index in [-0.39, 0.29) is 6.42 Å². The smallest absolute Gasteiger partial charge is 0.324 e. The van der Waals surface area contributed by atoms with E-state index in [1.54, 1.807) is 6.20 Å². The van der Waals surface area contributed by atoms with Crippen LogP contribution in [-0.2, 0) is 25.5 Å². The van der Waals surface area contributed by atoms with E-state index in [0.717, 1.165) is 12.8 Å². The average molecular weight is 414 g/mol. The number of nitrogens with two attached hydrogens (primary N) is 3. The lowest BCUT2D eigenvalue weighted by molar-refractivity contribution is -0.155. The number of H-pyrrole nitrogens is 1. The summed E-state index contributed by atoms with van der Waals surface area (Å²) in [6.07, 6.45) is 5.35. The highest BCUT2D eigenvalue weighted by Gasteiger charge is 2.36. The zero-order valence-corrected chi connectivity index (χ0v) is 16.1. The van der Waals surface area contributed by atoms with E-state index in [4.69, 9.17) is 32.2 Å². The number of hydrogen-bond donors (Lipinski definition) is 7. The van der Waals surface area contributed by atoms with Crippen LogP contribution in [0, 0.1) is 0 Å². The highest BCUT2D eigenvalue weighted by molar-refractivity contribution is 5.78. The van der Waals surface area contributed by atoms with Crippen LogP contribution in [0.3, 0.4) is 0 Å². The van der Waals surface area contributed by atoms with Gasteiger partial charge in [0.1, 0.15) is 24.2 Å². The summed E-state index contributed by atoms with van der Waals surface area (Å²) in [6, 6.07) is -2.42. The van der Waals surface area contributed by atoms with E-state index in [1.807, 2.05) is 0 Å². The molecule has 1 fully saturated rings. The minimum Gasteiger partial charge on any atom is -0.480 e. The van der Waals surface area contributed by atoms with E-state index in [0.29, 0.717) is 31.6 Å². The molecule has 12 heteroatoms. The zero-order valence-electron chi connectivity index (χ0n) is 16.1. The van der Waals surface area contributed by atoms with Crippen LogP contribution in [0.25, 0.3) is 0 Å². The molecule has 29 heavy (non-hydrogen) atoms. The molecule has 0 bridgehead atoms. The maximum atomic E-state index is 11.8. The third-order valence-electron chi connectivity index (χ3n) is 4.27. The molecule has 0 aromatic carbocycles. The Bertz CT molecular complexity index is 640. The number of carboxylic acid groups (broad SMARTS) is 2. The number of nitrogens with one attached hydrogen (secondary N) is 2. The Morgan fingerprint density at radius 2 is 1.97 bits per heavy atom. The number of nitrogens with zero attached hydrogens (tertiary/aromatic N) is 1. The van der Waals surface area contributed by atoms with Crippen molar-refractivity contribution in [1.29, 1.82) is 0 Å². The first-order valence-corrected chi connectivity index (χ1v) is 9.34. The van der Waals surface area contributed by atoms with Crippen molar-refractivity contribution in [2.24, 2.45) is 17.2 Å². The predicted octanol–water partition coefficient (Wildman–Crippen LogP) is -1.83. The average Bonchev–Trinajstić information content (AvgIpc) is 3.34. The molecule has 1 aromatic rings. The van der Waals surface area contributed by atoms with Crippen molar-refractivity contribution >= 4 is 17.9 Å². The number of aromatic nitrogens is 2. The second-order valence-electron chi connectivity index (χ2n) is 6.63. The van der Waals surface area contributed by atoms with Gasteiger partial charge in [0.15, 0.2) is 0 Å². The lowest BCUT2D eigenvalue weighted by Crippen LogP contribution is -2.44. The molecule has 0 aliphatic carbocycles. The van der Waals surface area contributed by atoms with E-state index in [9.17, 15) is 14.4 Å². The third-order valence-corrected chi connectivity index (χ3v) is 4.27. The van der Waals surface area contributed by atoms with Gasteiger partial charge in [-0.2, -0.15) is 0 Å². The van der Waals surface area contributed by atoms with Crippen LogP contribution < -0.4 is 22.5 Å². The number of imidazole rings is 1. The van der Waals surface area contributed by atoms with Gasteiger partial charge in [-0.05, 0) is 32.4 Å². The zero-order chi connectivity index (χ0) is 21.8. The largest absolute Gasteiger partial charge is 0.480 e. The number of carboxylic acids is 2. The predicted molar refractivity (Wildman–Crippen MR) is 103 cm³/mol. The number of carbonyl (C=O) groups is 3. The van der Waals surface area contributed by atoms with Gasteiger partial charge in [0, 0.05) is 12.6 Å². The third kappa shape index (κ3) is 9.00. The molecule has 164 valence electrons. The minimum atomic E-state index is -1.03. The quantitative estimate of drug-likeness (QED) is 0.166. The van der Waals surface area contributed by atoms with Crippen molar-refractivity contribution in [2.75, 3.05) is 13.1 Å². The second-order valence-corrected chi connectivity index (χ2v) is 6.63. The molecule has 10 N–H and O–H groups in total. The van der Waals surface area contributed by atoms with E-state index >= 15 is 0 Å². The number of ether oxygens (including phenoxy) is 1. The maximum absolute atomic E-state index is 11.8. The van der Waals surface area contributed by atoms with Crippen LogP contribution in [0.5, 0.6) is 0 Å². The van der Waals surface area contributed by atoms with Gasteiger partial charge in [0.25, 0.3) is 0 Å². The monoisotopic (exact) mass is 414 g/mol. The van der Waals surface area contributed by atoms with Crippen LogP contribution >= 0.6 is 0 Å². The van der Waals surface area contributed by atoms with Gasteiger partial charge in [-0.15, -0.1) is 0 Å². The molecule has 0 spiro atoms. The van der Waals surface area contributed by atoms with E-state index < -0.39 is 42.1 Å². The molecule has 1 aromatic heterocycles. The first-order valence-electron chi connectivity index (χ1n) is 9.34. The van der Waals surface area contributed by atoms with Crippen LogP contribution in [0.1, 0.15) is 31.4 Å². The highest BCUT2D eigenvalue weighted by atomic mass is 16.5. The number of unbranched alkanes of at least 4 members (excludes halogenated alkanes) is 1. The summed E-state index contributed by atoms with van der Waals surface area (Å²) < 4.78 is 5.15. The molecule has 1 unspecified atom stereocenters. The van der Waals surface area contributed by atoms with Crippen LogP contribution in [0.15, 0.2) is 12.5 Å². The fourth-order valence-corrected chi connectivity index (χ4v) is 2.63. The Morgan fingerprint density at radius 3 is 2.52 bits per heavy atom. The molecule has 2 heterocycles. The van der Waals surface area contributed by atoms with Gasteiger partial charge >= 0.3 is 17.9 Å². The molecule has 0 saturated carbocycles. The van der Waals surface area contributed by atoms with Gasteiger partial charge in [0.2, 0.25) is 0 Å². The van der Waals surface area contributed by atoms with Crippen molar-refractivity contribution in [1.82, 2.24) is 15.3 Å². The first-order chi connectivity index (χ1) is 13.8. The Morgan fingerprint density at radius 1 is 1.24 bits per heavy atom.